The summed E-state index contributed by atoms with van der Waals surface area (Å²) in [5, 5.41) is 9.49. The highest BCUT2D eigenvalue weighted by molar-refractivity contribution is 7.98. The Balaban J connectivity index is 1.69. The van der Waals surface area contributed by atoms with Crippen LogP contribution in [-0.2, 0) is 12.3 Å². The maximum Gasteiger partial charge on any atom is 0.191 e. The molecule has 4 nitrogen and oxygen atoms in total. The molecule has 0 spiro atoms. The second kappa shape index (κ2) is 6.20. The van der Waals surface area contributed by atoms with Crippen LogP contribution < -0.4 is 5.73 Å². The van der Waals surface area contributed by atoms with E-state index in [-0.39, 0.29) is 0 Å². The van der Waals surface area contributed by atoms with E-state index < -0.39 is 0 Å². The highest BCUT2D eigenvalue weighted by Gasteiger charge is 2.29. The predicted octanol–water partition coefficient (Wildman–Crippen LogP) is 3.09. The first kappa shape index (κ1) is 14.0. The molecule has 1 aliphatic carbocycles. The van der Waals surface area contributed by atoms with Crippen molar-refractivity contribution in [2.75, 3.05) is 6.26 Å². The Labute approximate surface area is 127 Å². The quantitative estimate of drug-likeness (QED) is 0.831. The maximum atomic E-state index is 5.73. The van der Waals surface area contributed by atoms with E-state index >= 15 is 0 Å². The van der Waals surface area contributed by atoms with E-state index in [2.05, 4.69) is 45.3 Å². The van der Waals surface area contributed by atoms with Crippen molar-refractivity contribution in [3.05, 3.63) is 35.7 Å². The molecule has 1 heterocycles. The van der Waals surface area contributed by atoms with Gasteiger partial charge in [-0.1, -0.05) is 23.9 Å². The standard InChI is InChI=1S/C14H18N4S2/c1-19-12-6-2-10(3-7-12)9-20-14-17-16-13(8-15)18(14)11-4-5-11/h2-3,6-7,11H,4-5,8-9,15H2,1H3. The highest BCUT2D eigenvalue weighted by Crippen LogP contribution is 2.39. The Hall–Kier alpha value is -0.980. The second-order valence-electron chi connectivity index (χ2n) is 4.84. The lowest BCUT2D eigenvalue weighted by Crippen LogP contribution is -2.08. The third-order valence-corrected chi connectivity index (χ3v) is 5.11. The molecule has 0 amide bonds. The zero-order valence-electron chi connectivity index (χ0n) is 11.5. The van der Waals surface area contributed by atoms with Crippen LogP contribution in [0.1, 0.15) is 30.3 Å². The molecule has 1 aliphatic rings. The number of hydrogen-bond acceptors (Lipinski definition) is 5. The van der Waals surface area contributed by atoms with Gasteiger partial charge in [0, 0.05) is 16.7 Å². The number of rotatable bonds is 6. The fraction of sp³-hybridized carbons (Fsp3) is 0.429. The van der Waals surface area contributed by atoms with Crippen molar-refractivity contribution in [2.24, 2.45) is 5.73 Å². The molecule has 1 fully saturated rings. The van der Waals surface area contributed by atoms with Gasteiger partial charge in [-0.2, -0.15) is 0 Å². The first-order valence-corrected chi connectivity index (χ1v) is 8.92. The lowest BCUT2D eigenvalue weighted by atomic mass is 10.2. The van der Waals surface area contributed by atoms with Gasteiger partial charge >= 0.3 is 0 Å². The monoisotopic (exact) mass is 306 g/mol. The minimum atomic E-state index is 0.465. The molecule has 0 saturated heterocycles. The molecule has 0 unspecified atom stereocenters. The van der Waals surface area contributed by atoms with E-state index in [1.165, 1.54) is 23.3 Å². The lowest BCUT2D eigenvalue weighted by Gasteiger charge is -2.07. The molecule has 3 rings (SSSR count). The van der Waals surface area contributed by atoms with Crippen LogP contribution >= 0.6 is 23.5 Å². The van der Waals surface area contributed by atoms with Crippen molar-refractivity contribution in [1.29, 1.82) is 0 Å². The van der Waals surface area contributed by atoms with E-state index in [0.717, 1.165) is 16.7 Å². The summed E-state index contributed by atoms with van der Waals surface area (Å²) in [7, 11) is 0. The molecular formula is C14H18N4S2. The van der Waals surface area contributed by atoms with Crippen molar-refractivity contribution in [3.8, 4) is 0 Å². The molecule has 6 heteroatoms. The van der Waals surface area contributed by atoms with Crippen LogP contribution in [0.4, 0.5) is 0 Å². The third-order valence-electron chi connectivity index (χ3n) is 3.36. The molecular weight excluding hydrogens is 288 g/mol. The Morgan fingerprint density at radius 1 is 1.25 bits per heavy atom. The van der Waals surface area contributed by atoms with Crippen LogP contribution in [0.2, 0.25) is 0 Å². The molecule has 0 atom stereocenters. The number of nitrogens with two attached hydrogens (primary N) is 1. The van der Waals surface area contributed by atoms with Gasteiger partial charge in [-0.05, 0) is 36.8 Å². The van der Waals surface area contributed by atoms with Crippen LogP contribution in [0.15, 0.2) is 34.3 Å². The number of aromatic nitrogens is 3. The van der Waals surface area contributed by atoms with Crippen LogP contribution in [0.25, 0.3) is 0 Å². The van der Waals surface area contributed by atoms with Crippen molar-refractivity contribution in [1.82, 2.24) is 14.8 Å². The zero-order valence-corrected chi connectivity index (χ0v) is 13.1. The largest absolute Gasteiger partial charge is 0.324 e. The molecule has 1 aromatic carbocycles. The fourth-order valence-electron chi connectivity index (χ4n) is 2.11. The van der Waals surface area contributed by atoms with E-state index in [9.17, 15) is 0 Å². The summed E-state index contributed by atoms with van der Waals surface area (Å²) in [4.78, 5) is 1.30. The molecule has 2 N–H and O–H groups in total. The second-order valence-corrected chi connectivity index (χ2v) is 6.66. The zero-order chi connectivity index (χ0) is 13.9. The predicted molar refractivity (Wildman–Crippen MR) is 84.0 cm³/mol. The first-order valence-electron chi connectivity index (χ1n) is 6.71. The van der Waals surface area contributed by atoms with Crippen LogP contribution in [0, 0.1) is 0 Å². The number of hydrogen-bond donors (Lipinski definition) is 1. The summed E-state index contributed by atoms with van der Waals surface area (Å²) in [6, 6.07) is 9.26. The van der Waals surface area contributed by atoms with Gasteiger partial charge in [0.05, 0.1) is 6.54 Å². The summed E-state index contributed by atoms with van der Waals surface area (Å²) in [6.07, 6.45) is 4.54. The van der Waals surface area contributed by atoms with Crippen molar-refractivity contribution < 1.29 is 0 Å². The number of thioether (sulfide) groups is 2. The molecule has 0 bridgehead atoms. The van der Waals surface area contributed by atoms with Crippen LogP contribution in [0.3, 0.4) is 0 Å². The van der Waals surface area contributed by atoms with Crippen LogP contribution in [0.5, 0.6) is 0 Å². The van der Waals surface area contributed by atoms with E-state index in [0.29, 0.717) is 12.6 Å². The Kier molecular flexibility index (Phi) is 4.33. The molecule has 1 saturated carbocycles. The summed E-state index contributed by atoms with van der Waals surface area (Å²) in [6.45, 7) is 0.465. The SMILES string of the molecule is CSc1ccc(CSc2nnc(CN)n2C2CC2)cc1. The average molecular weight is 306 g/mol. The number of benzene rings is 1. The lowest BCUT2D eigenvalue weighted by molar-refractivity contribution is 0.626. The topological polar surface area (TPSA) is 56.7 Å². The van der Waals surface area contributed by atoms with Gasteiger partial charge in [-0.15, -0.1) is 22.0 Å². The minimum absolute atomic E-state index is 0.465. The molecule has 1 aromatic heterocycles. The van der Waals surface area contributed by atoms with Gasteiger partial charge in [-0.25, -0.2) is 0 Å². The third kappa shape index (κ3) is 3.02. The summed E-state index contributed by atoms with van der Waals surface area (Å²) >= 11 is 3.51. The first-order chi connectivity index (χ1) is 9.81. The van der Waals surface area contributed by atoms with E-state index in [1.807, 2.05) is 0 Å². The van der Waals surface area contributed by atoms with Gasteiger partial charge in [0.1, 0.15) is 5.82 Å². The normalized spacial score (nSPS) is 14.7. The number of nitrogens with zero attached hydrogens (tertiary/aromatic N) is 3. The van der Waals surface area contributed by atoms with Gasteiger partial charge in [0.15, 0.2) is 5.16 Å². The molecule has 2 aromatic rings. The smallest absolute Gasteiger partial charge is 0.191 e. The van der Waals surface area contributed by atoms with Crippen molar-refractivity contribution >= 4 is 23.5 Å². The van der Waals surface area contributed by atoms with Gasteiger partial charge in [-0.3, -0.25) is 0 Å². The Morgan fingerprint density at radius 3 is 2.60 bits per heavy atom. The maximum absolute atomic E-state index is 5.73. The average Bonchev–Trinajstić information content (AvgIpc) is 3.25. The molecule has 106 valence electrons. The van der Waals surface area contributed by atoms with Crippen molar-refractivity contribution in [2.45, 2.75) is 41.2 Å². The minimum Gasteiger partial charge on any atom is -0.324 e. The Bertz CT molecular complexity index is 575. The van der Waals surface area contributed by atoms with Gasteiger partial charge in [0.2, 0.25) is 0 Å². The molecule has 0 aliphatic heterocycles. The fourth-order valence-corrected chi connectivity index (χ4v) is 3.50. The Morgan fingerprint density at radius 2 is 2.00 bits per heavy atom. The highest BCUT2D eigenvalue weighted by atomic mass is 32.2. The summed E-state index contributed by atoms with van der Waals surface area (Å²) < 4.78 is 2.22. The summed E-state index contributed by atoms with van der Waals surface area (Å²) in [5.41, 5.74) is 7.05. The van der Waals surface area contributed by atoms with Crippen LogP contribution in [-0.4, -0.2) is 21.0 Å². The summed E-state index contributed by atoms with van der Waals surface area (Å²) in [5.74, 6) is 1.83. The molecule has 0 radical (unpaired) electrons. The van der Waals surface area contributed by atoms with Gasteiger partial charge in [0.25, 0.3) is 0 Å². The van der Waals surface area contributed by atoms with E-state index in [1.54, 1.807) is 23.5 Å². The van der Waals surface area contributed by atoms with Gasteiger partial charge < -0.3 is 10.3 Å². The van der Waals surface area contributed by atoms with E-state index in [4.69, 9.17) is 5.73 Å². The molecule has 20 heavy (non-hydrogen) atoms. The van der Waals surface area contributed by atoms with Crippen molar-refractivity contribution in [3.63, 3.8) is 0 Å².